The molecule has 0 aliphatic rings. The third-order valence-electron chi connectivity index (χ3n) is 2.22. The Labute approximate surface area is 105 Å². The van der Waals surface area contributed by atoms with Crippen molar-refractivity contribution in [2.75, 3.05) is 13.1 Å². The topological polar surface area (TPSA) is 122 Å². The number of carbonyl (C=O) groups excluding carboxylic acids is 2. The summed E-state index contributed by atoms with van der Waals surface area (Å²) in [5.41, 5.74) is 5.08. The zero-order valence-corrected chi connectivity index (χ0v) is 10.1. The maximum Gasteiger partial charge on any atom is 0.326 e. The summed E-state index contributed by atoms with van der Waals surface area (Å²) in [5.74, 6) is -1.85. The van der Waals surface area contributed by atoms with Gasteiger partial charge in [0.05, 0.1) is 6.54 Å². The van der Waals surface area contributed by atoms with Crippen molar-refractivity contribution in [2.24, 2.45) is 5.73 Å². The van der Waals surface area contributed by atoms with Crippen molar-refractivity contribution in [1.82, 2.24) is 10.6 Å². The van der Waals surface area contributed by atoms with E-state index >= 15 is 0 Å². The highest BCUT2D eigenvalue weighted by Crippen LogP contribution is 2.01. The van der Waals surface area contributed by atoms with Gasteiger partial charge in [-0.1, -0.05) is 6.58 Å². The average Bonchev–Trinajstić information content (AvgIpc) is 2.35. The van der Waals surface area contributed by atoms with Gasteiger partial charge in [-0.2, -0.15) is 0 Å². The van der Waals surface area contributed by atoms with Crippen molar-refractivity contribution in [3.05, 3.63) is 12.7 Å². The zero-order valence-electron chi connectivity index (χ0n) is 10.1. The van der Waals surface area contributed by atoms with Crippen molar-refractivity contribution in [1.29, 1.82) is 0 Å². The summed E-state index contributed by atoms with van der Waals surface area (Å²) >= 11 is 0. The third kappa shape index (κ3) is 7.39. The number of hydrogen-bond acceptors (Lipinski definition) is 4. The molecule has 7 heteroatoms. The zero-order chi connectivity index (χ0) is 14.0. The lowest BCUT2D eigenvalue weighted by atomic mass is 10.1. The van der Waals surface area contributed by atoms with Crippen LogP contribution in [0.2, 0.25) is 0 Å². The Balaban J connectivity index is 3.84. The summed E-state index contributed by atoms with van der Waals surface area (Å²) in [4.78, 5) is 32.6. The predicted molar refractivity (Wildman–Crippen MR) is 65.7 cm³/mol. The molecule has 5 N–H and O–H groups in total. The van der Waals surface area contributed by atoms with Crippen molar-refractivity contribution in [3.63, 3.8) is 0 Å². The maximum atomic E-state index is 11.0. The lowest BCUT2D eigenvalue weighted by Crippen LogP contribution is -2.43. The monoisotopic (exact) mass is 257 g/mol. The van der Waals surface area contributed by atoms with Crippen LogP contribution in [0.3, 0.4) is 0 Å². The molecule has 2 amide bonds. The molecular weight excluding hydrogens is 238 g/mol. The molecule has 0 fully saturated rings. The molecule has 0 aromatic rings. The Morgan fingerprint density at radius 1 is 1.33 bits per heavy atom. The molecule has 0 aliphatic carbocycles. The minimum atomic E-state index is -1.09. The third-order valence-corrected chi connectivity index (χ3v) is 2.22. The molecule has 0 radical (unpaired) electrons. The van der Waals surface area contributed by atoms with E-state index in [4.69, 9.17) is 10.8 Å². The highest BCUT2D eigenvalue weighted by atomic mass is 16.4. The normalized spacial score (nSPS) is 11.4. The fourth-order valence-corrected chi connectivity index (χ4v) is 1.27. The molecule has 1 unspecified atom stereocenters. The summed E-state index contributed by atoms with van der Waals surface area (Å²) < 4.78 is 0. The molecule has 0 aromatic carbocycles. The Hall–Kier alpha value is -1.89. The van der Waals surface area contributed by atoms with E-state index in [9.17, 15) is 14.4 Å². The van der Waals surface area contributed by atoms with Crippen LogP contribution in [0.25, 0.3) is 0 Å². The Morgan fingerprint density at radius 2 is 2.00 bits per heavy atom. The molecular formula is C11H19N3O4. The Kier molecular flexibility index (Phi) is 8.21. The smallest absolute Gasteiger partial charge is 0.326 e. The van der Waals surface area contributed by atoms with Crippen LogP contribution >= 0.6 is 0 Å². The van der Waals surface area contributed by atoms with Crippen LogP contribution in [0, 0.1) is 0 Å². The van der Waals surface area contributed by atoms with Crippen LogP contribution in [0.1, 0.15) is 19.3 Å². The maximum absolute atomic E-state index is 11.0. The summed E-state index contributed by atoms with van der Waals surface area (Å²) in [6.45, 7) is 3.51. The van der Waals surface area contributed by atoms with Crippen molar-refractivity contribution >= 4 is 17.8 Å². The van der Waals surface area contributed by atoms with Crippen molar-refractivity contribution in [2.45, 2.75) is 25.3 Å². The summed E-state index contributed by atoms with van der Waals surface area (Å²) in [6, 6.07) is -0.934. The van der Waals surface area contributed by atoms with E-state index in [-0.39, 0.29) is 12.5 Å². The fourth-order valence-electron chi connectivity index (χ4n) is 1.27. The first kappa shape index (κ1) is 16.1. The van der Waals surface area contributed by atoms with Gasteiger partial charge in [0.25, 0.3) is 0 Å². The first-order chi connectivity index (χ1) is 8.51. The number of hydrogen-bond donors (Lipinski definition) is 4. The van der Waals surface area contributed by atoms with Gasteiger partial charge in [0.15, 0.2) is 0 Å². The SMILES string of the molecule is C=CC(=O)NCCCCC(NC(=O)CN)C(=O)O. The number of carboxylic acid groups (broad SMARTS) is 1. The Bertz CT molecular complexity index is 317. The standard InChI is InChI=1S/C11H19N3O4/c1-2-9(15)13-6-4-3-5-8(11(17)18)14-10(16)7-12/h2,8H,1,3-7,12H2,(H,13,15)(H,14,16)(H,17,18). The van der Waals surface area contributed by atoms with Gasteiger partial charge in [-0.15, -0.1) is 0 Å². The number of rotatable bonds is 9. The molecule has 0 aliphatic heterocycles. The molecule has 0 bridgehead atoms. The molecule has 0 saturated carbocycles. The molecule has 0 aromatic heterocycles. The lowest BCUT2D eigenvalue weighted by Gasteiger charge is -2.13. The van der Waals surface area contributed by atoms with E-state index in [0.717, 1.165) is 0 Å². The van der Waals surface area contributed by atoms with E-state index in [2.05, 4.69) is 17.2 Å². The number of carbonyl (C=O) groups is 3. The van der Waals surface area contributed by atoms with Crippen LogP contribution in [-0.2, 0) is 14.4 Å². The number of nitrogens with two attached hydrogens (primary N) is 1. The number of aliphatic carboxylic acids is 1. The molecule has 1 atom stereocenters. The van der Waals surface area contributed by atoms with Gasteiger partial charge >= 0.3 is 5.97 Å². The van der Waals surface area contributed by atoms with Gasteiger partial charge in [0.1, 0.15) is 6.04 Å². The first-order valence-electron chi connectivity index (χ1n) is 5.63. The van der Waals surface area contributed by atoms with Gasteiger partial charge in [-0.05, 0) is 25.3 Å². The minimum absolute atomic E-state index is 0.237. The molecule has 18 heavy (non-hydrogen) atoms. The second kappa shape index (κ2) is 9.17. The van der Waals surface area contributed by atoms with Crippen LogP contribution < -0.4 is 16.4 Å². The molecule has 0 heterocycles. The van der Waals surface area contributed by atoms with Gasteiger partial charge < -0.3 is 21.5 Å². The molecule has 102 valence electrons. The summed E-state index contributed by atoms with van der Waals surface area (Å²) in [6.07, 6.45) is 2.66. The van der Waals surface area contributed by atoms with Crippen LogP contribution in [0.15, 0.2) is 12.7 Å². The van der Waals surface area contributed by atoms with Crippen molar-refractivity contribution < 1.29 is 19.5 Å². The highest BCUT2D eigenvalue weighted by molar-refractivity contribution is 5.86. The minimum Gasteiger partial charge on any atom is -0.480 e. The number of unbranched alkanes of at least 4 members (excludes halogenated alkanes) is 1. The summed E-state index contributed by atoms with van der Waals surface area (Å²) in [7, 11) is 0. The van der Waals surface area contributed by atoms with E-state index in [1.807, 2.05) is 0 Å². The van der Waals surface area contributed by atoms with Gasteiger partial charge in [-0.25, -0.2) is 4.79 Å². The largest absolute Gasteiger partial charge is 0.480 e. The van der Waals surface area contributed by atoms with E-state index in [1.54, 1.807) is 0 Å². The molecule has 7 nitrogen and oxygen atoms in total. The second-order valence-corrected chi connectivity index (χ2v) is 3.65. The predicted octanol–water partition coefficient (Wildman–Crippen LogP) is -1.01. The van der Waals surface area contributed by atoms with Crippen LogP contribution in [0.5, 0.6) is 0 Å². The number of carboxylic acids is 1. The average molecular weight is 257 g/mol. The summed E-state index contributed by atoms with van der Waals surface area (Å²) in [5, 5.41) is 13.7. The van der Waals surface area contributed by atoms with Gasteiger partial charge in [0, 0.05) is 6.54 Å². The first-order valence-corrected chi connectivity index (χ1v) is 5.63. The van der Waals surface area contributed by atoms with E-state index in [0.29, 0.717) is 25.8 Å². The molecule has 0 saturated heterocycles. The van der Waals surface area contributed by atoms with E-state index < -0.39 is 17.9 Å². The number of nitrogens with one attached hydrogen (secondary N) is 2. The Morgan fingerprint density at radius 3 is 2.50 bits per heavy atom. The van der Waals surface area contributed by atoms with Crippen molar-refractivity contribution in [3.8, 4) is 0 Å². The lowest BCUT2D eigenvalue weighted by molar-refractivity contribution is -0.141. The molecule has 0 rings (SSSR count). The van der Waals surface area contributed by atoms with Gasteiger partial charge in [0.2, 0.25) is 11.8 Å². The number of amides is 2. The van der Waals surface area contributed by atoms with E-state index in [1.165, 1.54) is 6.08 Å². The van der Waals surface area contributed by atoms with Crippen LogP contribution in [-0.4, -0.2) is 42.0 Å². The van der Waals surface area contributed by atoms with Crippen LogP contribution in [0.4, 0.5) is 0 Å². The van der Waals surface area contributed by atoms with Gasteiger partial charge in [-0.3, -0.25) is 9.59 Å². The fraction of sp³-hybridized carbons (Fsp3) is 0.545. The highest BCUT2D eigenvalue weighted by Gasteiger charge is 2.18. The molecule has 0 spiro atoms. The quantitative estimate of drug-likeness (QED) is 0.311. The second-order valence-electron chi connectivity index (χ2n) is 3.65.